The van der Waals surface area contributed by atoms with Crippen molar-refractivity contribution in [1.29, 1.82) is 0 Å². The summed E-state index contributed by atoms with van der Waals surface area (Å²) in [6, 6.07) is 0. The maximum Gasteiger partial charge on any atom is 0.272 e. The monoisotopic (exact) mass is 151 g/mol. The summed E-state index contributed by atoms with van der Waals surface area (Å²) in [5.74, 6) is 0. The number of nitrogens with zero attached hydrogens (tertiary/aromatic N) is 4. The molecule has 6 heteroatoms. The van der Waals surface area contributed by atoms with Gasteiger partial charge in [0.1, 0.15) is 0 Å². The Morgan fingerprint density at radius 3 is 2.82 bits per heavy atom. The molecule has 1 unspecified atom stereocenters. The molecule has 1 aliphatic heterocycles. The summed E-state index contributed by atoms with van der Waals surface area (Å²) in [4.78, 5) is 16.2. The van der Waals surface area contributed by atoms with Crippen LogP contribution in [0.25, 0.3) is 0 Å². The lowest BCUT2D eigenvalue weighted by molar-refractivity contribution is 0.0484. The van der Waals surface area contributed by atoms with Gasteiger partial charge in [-0.25, -0.2) is 15.0 Å². The fraction of sp³-hybridized carbons (Fsp3) is 0.200. The molecule has 0 saturated carbocycles. The molecule has 1 aromatic heterocycles. The van der Waals surface area contributed by atoms with Gasteiger partial charge < -0.3 is 4.84 Å². The molecule has 2 heterocycles. The molecule has 0 amide bonds. The average molecular weight is 151 g/mol. The zero-order valence-electron chi connectivity index (χ0n) is 5.51. The van der Waals surface area contributed by atoms with Crippen LogP contribution in [0.3, 0.4) is 0 Å². The zero-order valence-corrected chi connectivity index (χ0v) is 5.51. The van der Waals surface area contributed by atoms with E-state index >= 15 is 0 Å². The predicted molar refractivity (Wildman–Crippen MR) is 33.4 cm³/mol. The number of fused-ring (bicyclic) bond motifs is 1. The van der Waals surface area contributed by atoms with Gasteiger partial charge in [-0.15, -0.1) is 0 Å². The summed E-state index contributed by atoms with van der Waals surface area (Å²) in [5.41, 5.74) is 6.09. The maximum atomic E-state index is 5.30. The first-order valence-electron chi connectivity index (χ1n) is 3.00. The molecule has 1 aromatic rings. The van der Waals surface area contributed by atoms with Crippen LogP contribution in [-0.2, 0) is 4.84 Å². The van der Waals surface area contributed by atoms with Gasteiger partial charge >= 0.3 is 0 Å². The van der Waals surface area contributed by atoms with Crippen LogP contribution < -0.4 is 16.7 Å². The Morgan fingerprint density at radius 1 is 1.27 bits per heavy atom. The Balaban J connectivity index is 2.73. The lowest BCUT2D eigenvalue weighted by Crippen LogP contribution is -2.40. The fourth-order valence-electron chi connectivity index (χ4n) is 0.727. The first kappa shape index (κ1) is 6.17. The van der Waals surface area contributed by atoms with E-state index in [-0.39, 0.29) is 0 Å². The van der Waals surface area contributed by atoms with Crippen molar-refractivity contribution in [2.24, 2.45) is 15.9 Å². The molecule has 0 saturated heterocycles. The van der Waals surface area contributed by atoms with Crippen molar-refractivity contribution in [3.8, 4) is 0 Å². The highest BCUT2D eigenvalue weighted by atomic mass is 16.7. The highest BCUT2D eigenvalue weighted by Crippen LogP contribution is 1.83. The third-order valence-electron chi connectivity index (χ3n) is 1.16. The Morgan fingerprint density at radius 2 is 2.00 bits per heavy atom. The van der Waals surface area contributed by atoms with Crippen molar-refractivity contribution < 1.29 is 4.84 Å². The standard InChI is InChI=1S/C5H5N5O/c6-5-9-3-4(10-11-5)8-2-1-7-3/h1-2,5H,6H2. The molecule has 0 aromatic carbocycles. The fourth-order valence-corrected chi connectivity index (χ4v) is 0.727. The molecule has 56 valence electrons. The van der Waals surface area contributed by atoms with E-state index in [0.29, 0.717) is 11.0 Å². The minimum atomic E-state index is -0.751. The molecule has 0 spiro atoms. The third kappa shape index (κ3) is 1.03. The van der Waals surface area contributed by atoms with Gasteiger partial charge in [-0.05, 0) is 0 Å². The second-order valence-corrected chi connectivity index (χ2v) is 1.92. The van der Waals surface area contributed by atoms with Gasteiger partial charge in [0.15, 0.2) is 0 Å². The first-order chi connectivity index (χ1) is 5.36. The molecule has 1 aliphatic rings. The number of hydrogen-bond donors (Lipinski definition) is 1. The summed E-state index contributed by atoms with van der Waals surface area (Å²) in [7, 11) is 0. The average Bonchev–Trinajstić information content (AvgIpc) is 2.04. The quantitative estimate of drug-likeness (QED) is 0.460. The Labute approximate surface area is 61.4 Å². The SMILES string of the molecule is NC1N=c2nccnc2=NO1. The van der Waals surface area contributed by atoms with Gasteiger partial charge in [-0.2, -0.15) is 0 Å². The molecule has 2 N–H and O–H groups in total. The number of nitrogens with two attached hydrogens (primary N) is 1. The minimum Gasteiger partial charge on any atom is -0.350 e. The summed E-state index contributed by atoms with van der Waals surface area (Å²) < 4.78 is 0. The van der Waals surface area contributed by atoms with E-state index in [4.69, 9.17) is 5.73 Å². The van der Waals surface area contributed by atoms with E-state index in [1.807, 2.05) is 0 Å². The van der Waals surface area contributed by atoms with Crippen LogP contribution in [0.1, 0.15) is 0 Å². The molecular weight excluding hydrogens is 146 g/mol. The maximum absolute atomic E-state index is 5.30. The van der Waals surface area contributed by atoms with E-state index in [0.717, 1.165) is 0 Å². The second-order valence-electron chi connectivity index (χ2n) is 1.92. The minimum absolute atomic E-state index is 0.370. The molecule has 6 nitrogen and oxygen atoms in total. The summed E-state index contributed by atoms with van der Waals surface area (Å²) in [6.07, 6.45) is 2.28. The van der Waals surface area contributed by atoms with Crippen molar-refractivity contribution in [2.75, 3.05) is 0 Å². The van der Waals surface area contributed by atoms with Gasteiger partial charge in [0, 0.05) is 12.4 Å². The molecule has 0 radical (unpaired) electrons. The van der Waals surface area contributed by atoms with E-state index in [2.05, 4.69) is 25.0 Å². The highest BCUT2D eigenvalue weighted by molar-refractivity contribution is 4.75. The number of hydrogen-bond acceptors (Lipinski definition) is 6. The lowest BCUT2D eigenvalue weighted by atomic mass is 10.7. The van der Waals surface area contributed by atoms with Gasteiger partial charge in [-0.1, -0.05) is 5.16 Å². The molecule has 1 atom stereocenters. The van der Waals surface area contributed by atoms with E-state index < -0.39 is 6.35 Å². The van der Waals surface area contributed by atoms with E-state index in [1.165, 1.54) is 12.4 Å². The first-order valence-corrected chi connectivity index (χ1v) is 3.00. The van der Waals surface area contributed by atoms with Gasteiger partial charge in [-0.3, -0.25) is 5.73 Å². The summed E-state index contributed by atoms with van der Waals surface area (Å²) in [6.45, 7) is 0. The van der Waals surface area contributed by atoms with Crippen molar-refractivity contribution >= 4 is 0 Å². The molecule has 0 bridgehead atoms. The normalized spacial score (nSPS) is 20.6. The van der Waals surface area contributed by atoms with Crippen molar-refractivity contribution in [2.45, 2.75) is 6.35 Å². The smallest absolute Gasteiger partial charge is 0.272 e. The second kappa shape index (κ2) is 2.24. The van der Waals surface area contributed by atoms with Crippen LogP contribution in [0.15, 0.2) is 22.5 Å². The molecule has 0 fully saturated rings. The van der Waals surface area contributed by atoms with E-state index in [1.54, 1.807) is 0 Å². The Kier molecular flexibility index (Phi) is 1.26. The Hall–Kier alpha value is -1.56. The van der Waals surface area contributed by atoms with Crippen LogP contribution in [0.4, 0.5) is 0 Å². The largest absolute Gasteiger partial charge is 0.350 e. The van der Waals surface area contributed by atoms with E-state index in [9.17, 15) is 0 Å². The molecule has 2 rings (SSSR count). The van der Waals surface area contributed by atoms with Crippen molar-refractivity contribution in [3.05, 3.63) is 23.4 Å². The predicted octanol–water partition coefficient (Wildman–Crippen LogP) is -2.10. The highest BCUT2D eigenvalue weighted by Gasteiger charge is 2.04. The van der Waals surface area contributed by atoms with Gasteiger partial charge in [0.05, 0.1) is 0 Å². The van der Waals surface area contributed by atoms with Gasteiger partial charge in [0.25, 0.3) is 6.35 Å². The van der Waals surface area contributed by atoms with Crippen LogP contribution >= 0.6 is 0 Å². The summed E-state index contributed by atoms with van der Waals surface area (Å²) >= 11 is 0. The van der Waals surface area contributed by atoms with Crippen LogP contribution in [0, 0.1) is 0 Å². The topological polar surface area (TPSA) is 85.8 Å². The number of aromatic nitrogens is 2. The number of rotatable bonds is 0. The molecule has 0 aliphatic carbocycles. The molecule has 11 heavy (non-hydrogen) atoms. The molecular formula is C5H5N5O. The third-order valence-corrected chi connectivity index (χ3v) is 1.16. The summed E-state index contributed by atoms with van der Waals surface area (Å²) in [5, 5.41) is 3.58. The van der Waals surface area contributed by atoms with Crippen molar-refractivity contribution in [3.63, 3.8) is 0 Å². The zero-order chi connectivity index (χ0) is 7.68. The Bertz CT molecular complexity index is 375. The lowest BCUT2D eigenvalue weighted by Gasteiger charge is -2.05. The van der Waals surface area contributed by atoms with Gasteiger partial charge in [0.2, 0.25) is 11.0 Å². The van der Waals surface area contributed by atoms with Crippen LogP contribution in [0.5, 0.6) is 0 Å². The van der Waals surface area contributed by atoms with Crippen LogP contribution in [-0.4, -0.2) is 16.3 Å². The van der Waals surface area contributed by atoms with Crippen molar-refractivity contribution in [1.82, 2.24) is 9.97 Å². The van der Waals surface area contributed by atoms with Crippen LogP contribution in [0.2, 0.25) is 0 Å².